The van der Waals surface area contributed by atoms with Crippen molar-refractivity contribution in [3.8, 4) is 0 Å². The van der Waals surface area contributed by atoms with Crippen molar-refractivity contribution in [1.29, 1.82) is 0 Å². The number of hydrogen-bond donors (Lipinski definition) is 1. The van der Waals surface area contributed by atoms with Gasteiger partial charge in [0.05, 0.1) is 17.1 Å². The van der Waals surface area contributed by atoms with E-state index in [1.165, 1.54) is 28.6 Å². The van der Waals surface area contributed by atoms with Gasteiger partial charge in [0, 0.05) is 13.1 Å². The number of nitrogens with one attached hydrogen (secondary N) is 1. The van der Waals surface area contributed by atoms with E-state index in [2.05, 4.69) is 12.2 Å². The molecule has 1 aliphatic heterocycles. The number of ether oxygens (including phenoxy) is 1. The summed E-state index contributed by atoms with van der Waals surface area (Å²) >= 11 is 0. The first-order valence-electron chi connectivity index (χ1n) is 8.47. The van der Waals surface area contributed by atoms with Gasteiger partial charge in [0.15, 0.2) is 0 Å². The van der Waals surface area contributed by atoms with Crippen molar-refractivity contribution in [3.05, 3.63) is 29.8 Å². The molecule has 8 heteroatoms. The summed E-state index contributed by atoms with van der Waals surface area (Å²) in [5, 5.41) is 3.32. The molecule has 1 aliphatic rings. The highest BCUT2D eigenvalue weighted by Gasteiger charge is 2.29. The van der Waals surface area contributed by atoms with Crippen molar-refractivity contribution in [2.24, 2.45) is 5.92 Å². The molecule has 1 fully saturated rings. The number of carbonyl (C=O) groups excluding carboxylic acids is 1. The molecule has 0 amide bonds. The maximum atomic E-state index is 12.7. The van der Waals surface area contributed by atoms with Gasteiger partial charge < -0.3 is 10.1 Å². The van der Waals surface area contributed by atoms with Crippen molar-refractivity contribution in [2.45, 2.75) is 31.6 Å². The number of rotatable bonds is 7. The van der Waals surface area contributed by atoms with Gasteiger partial charge >= 0.3 is 5.97 Å². The van der Waals surface area contributed by atoms with E-state index in [1.807, 2.05) is 0 Å². The van der Waals surface area contributed by atoms with Crippen molar-refractivity contribution in [1.82, 2.24) is 9.62 Å². The average molecular weight is 391 g/mol. The Kier molecular flexibility index (Phi) is 8.85. The van der Waals surface area contributed by atoms with Crippen LogP contribution in [-0.4, -0.2) is 51.5 Å². The fourth-order valence-corrected chi connectivity index (χ4v) is 4.30. The lowest BCUT2D eigenvalue weighted by Crippen LogP contribution is -2.40. The summed E-state index contributed by atoms with van der Waals surface area (Å²) in [6, 6.07) is 5.96. The zero-order chi connectivity index (χ0) is 17.6. The lowest BCUT2D eigenvalue weighted by molar-refractivity contribution is 0.0526. The fourth-order valence-electron chi connectivity index (χ4n) is 2.83. The minimum atomic E-state index is -3.50. The molecule has 0 aliphatic carbocycles. The van der Waals surface area contributed by atoms with Crippen LogP contribution < -0.4 is 5.32 Å². The van der Waals surface area contributed by atoms with Gasteiger partial charge in [0.25, 0.3) is 0 Å². The van der Waals surface area contributed by atoms with Crippen LogP contribution >= 0.6 is 12.4 Å². The number of esters is 1. The first-order chi connectivity index (χ1) is 11.5. The van der Waals surface area contributed by atoms with E-state index in [1.54, 1.807) is 6.92 Å². The maximum Gasteiger partial charge on any atom is 0.338 e. The van der Waals surface area contributed by atoms with Gasteiger partial charge in [-0.3, -0.25) is 0 Å². The second-order valence-electron chi connectivity index (χ2n) is 5.90. The Labute approximate surface area is 156 Å². The van der Waals surface area contributed by atoms with E-state index in [0.717, 1.165) is 25.9 Å². The van der Waals surface area contributed by atoms with Crippen LogP contribution in [0.5, 0.6) is 0 Å². The van der Waals surface area contributed by atoms with E-state index in [-0.39, 0.29) is 17.3 Å². The first-order valence-corrected chi connectivity index (χ1v) is 9.91. The van der Waals surface area contributed by atoms with E-state index >= 15 is 0 Å². The molecule has 6 nitrogen and oxygen atoms in total. The normalized spacial score (nSPS) is 16.2. The molecular formula is C17H27ClN2O4S. The molecule has 0 radical (unpaired) electrons. The molecule has 0 saturated carbocycles. The topological polar surface area (TPSA) is 75.7 Å². The van der Waals surface area contributed by atoms with E-state index in [0.29, 0.717) is 31.2 Å². The van der Waals surface area contributed by atoms with Crippen LogP contribution in [0, 0.1) is 5.92 Å². The lowest BCUT2D eigenvalue weighted by atomic mass is 9.98. The van der Waals surface area contributed by atoms with Crippen LogP contribution in [-0.2, 0) is 14.8 Å². The highest BCUT2D eigenvalue weighted by Crippen LogP contribution is 2.23. The molecule has 1 N–H and O–H groups in total. The second-order valence-corrected chi connectivity index (χ2v) is 7.84. The molecule has 0 bridgehead atoms. The summed E-state index contributed by atoms with van der Waals surface area (Å²) in [5.74, 6) is 0.0910. The van der Waals surface area contributed by atoms with Gasteiger partial charge in [-0.05, 0) is 63.0 Å². The molecule has 0 spiro atoms. The van der Waals surface area contributed by atoms with Crippen LogP contribution in [0.15, 0.2) is 29.2 Å². The molecular weight excluding hydrogens is 364 g/mol. The highest BCUT2D eigenvalue weighted by atomic mass is 35.5. The van der Waals surface area contributed by atoms with Crippen molar-refractivity contribution >= 4 is 28.4 Å². The zero-order valence-corrected chi connectivity index (χ0v) is 16.4. The summed E-state index contributed by atoms with van der Waals surface area (Å²) in [6.07, 6.45) is 1.74. The Balaban J connectivity index is 0.00000312. The summed E-state index contributed by atoms with van der Waals surface area (Å²) in [7, 11) is -3.50. The van der Waals surface area contributed by atoms with Gasteiger partial charge in [0.2, 0.25) is 10.0 Å². The Hall–Kier alpha value is -1.15. The molecule has 0 aromatic heterocycles. The molecule has 1 heterocycles. The largest absolute Gasteiger partial charge is 0.462 e. The molecule has 0 unspecified atom stereocenters. The van der Waals surface area contributed by atoms with E-state index in [4.69, 9.17) is 4.74 Å². The van der Waals surface area contributed by atoms with E-state index < -0.39 is 16.0 Å². The SMILES string of the molecule is CCNCC1CCN(S(=O)(=O)c2ccc(C(=O)OCC)cc2)CC1.Cl. The Morgan fingerprint density at radius 2 is 1.80 bits per heavy atom. The summed E-state index contributed by atoms with van der Waals surface area (Å²) < 4.78 is 31.9. The van der Waals surface area contributed by atoms with Gasteiger partial charge in [-0.1, -0.05) is 6.92 Å². The molecule has 1 aromatic rings. The molecule has 1 aromatic carbocycles. The van der Waals surface area contributed by atoms with Crippen LogP contribution in [0.25, 0.3) is 0 Å². The number of piperidine rings is 1. The minimum Gasteiger partial charge on any atom is -0.462 e. The summed E-state index contributed by atoms with van der Waals surface area (Å²) in [6.45, 7) is 7.05. The Bertz CT molecular complexity index is 641. The fraction of sp³-hybridized carbons (Fsp3) is 0.588. The molecule has 2 rings (SSSR count). The number of nitrogens with zero attached hydrogens (tertiary/aromatic N) is 1. The van der Waals surface area contributed by atoms with E-state index in [9.17, 15) is 13.2 Å². The van der Waals surface area contributed by atoms with Crippen molar-refractivity contribution < 1.29 is 17.9 Å². The number of halogens is 1. The summed E-state index contributed by atoms with van der Waals surface area (Å²) in [5.41, 5.74) is 0.361. The third-order valence-corrected chi connectivity index (χ3v) is 6.17. The zero-order valence-electron chi connectivity index (χ0n) is 14.7. The molecule has 25 heavy (non-hydrogen) atoms. The smallest absolute Gasteiger partial charge is 0.338 e. The third-order valence-electron chi connectivity index (χ3n) is 4.26. The average Bonchev–Trinajstić information content (AvgIpc) is 2.60. The first kappa shape index (κ1) is 21.9. The van der Waals surface area contributed by atoms with Gasteiger partial charge in [-0.2, -0.15) is 4.31 Å². The van der Waals surface area contributed by atoms with Gasteiger partial charge in [-0.25, -0.2) is 13.2 Å². The summed E-state index contributed by atoms with van der Waals surface area (Å²) in [4.78, 5) is 11.9. The number of benzene rings is 1. The van der Waals surface area contributed by atoms with Crippen LogP contribution in [0.4, 0.5) is 0 Å². The monoisotopic (exact) mass is 390 g/mol. The van der Waals surface area contributed by atoms with Gasteiger partial charge in [0.1, 0.15) is 0 Å². The Morgan fingerprint density at radius 3 is 2.32 bits per heavy atom. The van der Waals surface area contributed by atoms with Crippen molar-refractivity contribution in [3.63, 3.8) is 0 Å². The Morgan fingerprint density at radius 1 is 1.20 bits per heavy atom. The highest BCUT2D eigenvalue weighted by molar-refractivity contribution is 7.89. The molecule has 142 valence electrons. The van der Waals surface area contributed by atoms with Crippen molar-refractivity contribution in [2.75, 3.05) is 32.8 Å². The predicted octanol–water partition coefficient (Wildman–Crippen LogP) is 2.30. The minimum absolute atomic E-state index is 0. The number of hydrogen-bond acceptors (Lipinski definition) is 5. The van der Waals surface area contributed by atoms with Crippen LogP contribution in [0.2, 0.25) is 0 Å². The van der Waals surface area contributed by atoms with Crippen LogP contribution in [0.1, 0.15) is 37.0 Å². The third kappa shape index (κ3) is 5.67. The number of carbonyl (C=O) groups is 1. The molecule has 0 atom stereocenters. The second kappa shape index (κ2) is 10.1. The maximum absolute atomic E-state index is 12.7. The quantitative estimate of drug-likeness (QED) is 0.723. The van der Waals surface area contributed by atoms with Crippen LogP contribution in [0.3, 0.4) is 0 Å². The predicted molar refractivity (Wildman–Crippen MR) is 99.7 cm³/mol. The standard InChI is InChI=1S/C17H26N2O4S.ClH/c1-3-18-13-14-9-11-19(12-10-14)24(21,22)16-7-5-15(6-8-16)17(20)23-4-2;/h5-8,14,18H,3-4,9-13H2,1-2H3;1H. The lowest BCUT2D eigenvalue weighted by Gasteiger charge is -2.31. The van der Waals surface area contributed by atoms with Gasteiger partial charge in [-0.15, -0.1) is 12.4 Å². The number of sulfonamides is 1. The molecule has 1 saturated heterocycles.